The van der Waals surface area contributed by atoms with Gasteiger partial charge in [0.05, 0.1) is 12.8 Å². The molecule has 0 fully saturated rings. The summed E-state index contributed by atoms with van der Waals surface area (Å²) in [7, 11) is 1.52. The van der Waals surface area contributed by atoms with E-state index in [9.17, 15) is 14.4 Å². The van der Waals surface area contributed by atoms with Gasteiger partial charge in [0, 0.05) is 17.8 Å². The number of aromatic nitrogens is 3. The van der Waals surface area contributed by atoms with Crippen molar-refractivity contribution in [3.05, 3.63) is 86.9 Å². The summed E-state index contributed by atoms with van der Waals surface area (Å²) in [5, 5.41) is 5.05. The molecule has 0 saturated carbocycles. The number of hydrogen-bond acceptors (Lipinski definition) is 4. The molecule has 2 aromatic carbocycles. The lowest BCUT2D eigenvalue weighted by Crippen LogP contribution is -2.20. The summed E-state index contributed by atoms with van der Waals surface area (Å²) in [5.41, 5.74) is 0.512. The molecule has 4 rings (SSSR count). The van der Waals surface area contributed by atoms with Crippen LogP contribution in [0, 0.1) is 0 Å². The predicted octanol–water partition coefficient (Wildman–Crippen LogP) is 2.24. The van der Waals surface area contributed by atoms with E-state index in [0.29, 0.717) is 17.1 Å². The van der Waals surface area contributed by atoms with Crippen molar-refractivity contribution in [3.8, 4) is 17.0 Å². The number of fused-ring (bicyclic) bond motifs is 1. The Morgan fingerprint density at radius 3 is 2.57 bits per heavy atom. The Morgan fingerprint density at radius 1 is 1.04 bits per heavy atom. The Labute approximate surface area is 158 Å². The first-order valence-corrected chi connectivity index (χ1v) is 8.45. The minimum atomic E-state index is -0.668. The van der Waals surface area contributed by atoms with Gasteiger partial charge >= 0.3 is 0 Å². The van der Waals surface area contributed by atoms with Crippen molar-refractivity contribution in [2.24, 2.45) is 0 Å². The molecule has 0 unspecified atom stereocenters. The molecule has 28 heavy (non-hydrogen) atoms. The highest BCUT2D eigenvalue weighted by Crippen LogP contribution is 2.19. The van der Waals surface area contributed by atoms with Crippen LogP contribution in [-0.4, -0.2) is 27.6 Å². The number of anilines is 1. The molecular weight excluding hydrogens is 360 g/mol. The molecule has 8 heteroatoms. The summed E-state index contributed by atoms with van der Waals surface area (Å²) in [6, 6.07) is 17.3. The number of ether oxygens (including phenoxy) is 1. The Morgan fingerprint density at radius 2 is 1.82 bits per heavy atom. The number of amides is 1. The normalized spacial score (nSPS) is 10.8. The number of H-pyrrole nitrogens is 2. The largest absolute Gasteiger partial charge is 0.497 e. The van der Waals surface area contributed by atoms with Gasteiger partial charge in [0.25, 0.3) is 17.0 Å². The van der Waals surface area contributed by atoms with Crippen LogP contribution in [0.25, 0.3) is 16.9 Å². The molecule has 140 valence electrons. The third kappa shape index (κ3) is 3.07. The fourth-order valence-electron chi connectivity index (χ4n) is 2.95. The number of methoxy groups -OCH3 is 1. The second-order valence-electron chi connectivity index (χ2n) is 6.07. The zero-order valence-electron chi connectivity index (χ0n) is 14.9. The van der Waals surface area contributed by atoms with Crippen molar-refractivity contribution in [2.75, 3.05) is 12.4 Å². The lowest BCUT2D eigenvalue weighted by atomic mass is 10.1. The Hall–Kier alpha value is -4.07. The van der Waals surface area contributed by atoms with Gasteiger partial charge in [-0.2, -0.15) is 4.52 Å². The standard InChI is InChI=1S/C20H16N4O4/c1-28-14-9-5-8-13(10-14)21-19(26)17-18-22-15(12-6-3-2-4-7-12)11-16(25)24(18)23-20(17)27/h2-11,22H,1H3,(H,21,26)(H,23,27). The summed E-state index contributed by atoms with van der Waals surface area (Å²) in [6.45, 7) is 0. The van der Waals surface area contributed by atoms with E-state index >= 15 is 0 Å². The highest BCUT2D eigenvalue weighted by atomic mass is 16.5. The van der Waals surface area contributed by atoms with E-state index in [2.05, 4.69) is 15.4 Å². The summed E-state index contributed by atoms with van der Waals surface area (Å²) >= 11 is 0. The molecule has 2 aromatic heterocycles. The van der Waals surface area contributed by atoms with Gasteiger partial charge in [0.15, 0.2) is 5.65 Å². The first kappa shape index (κ1) is 17.3. The van der Waals surface area contributed by atoms with Crippen LogP contribution in [-0.2, 0) is 0 Å². The monoisotopic (exact) mass is 376 g/mol. The fraction of sp³-hybridized carbons (Fsp3) is 0.0500. The van der Waals surface area contributed by atoms with Crippen LogP contribution in [0.4, 0.5) is 5.69 Å². The number of rotatable bonds is 4. The lowest BCUT2D eigenvalue weighted by molar-refractivity contribution is 0.102. The molecular formula is C20H16N4O4. The quantitative estimate of drug-likeness (QED) is 0.507. The first-order chi connectivity index (χ1) is 13.6. The summed E-state index contributed by atoms with van der Waals surface area (Å²) in [6.07, 6.45) is 0. The molecule has 0 atom stereocenters. The average Bonchev–Trinajstić information content (AvgIpc) is 3.05. The van der Waals surface area contributed by atoms with Crippen LogP contribution < -0.4 is 21.2 Å². The third-order valence-corrected chi connectivity index (χ3v) is 4.28. The van der Waals surface area contributed by atoms with Gasteiger partial charge in [0.2, 0.25) is 0 Å². The van der Waals surface area contributed by atoms with Crippen LogP contribution in [0.1, 0.15) is 10.4 Å². The fourth-order valence-corrected chi connectivity index (χ4v) is 2.95. The Balaban J connectivity index is 1.81. The van der Waals surface area contributed by atoms with Crippen LogP contribution in [0.2, 0.25) is 0 Å². The van der Waals surface area contributed by atoms with E-state index in [1.807, 2.05) is 30.3 Å². The van der Waals surface area contributed by atoms with Gasteiger partial charge < -0.3 is 15.0 Å². The second kappa shape index (κ2) is 6.92. The van der Waals surface area contributed by atoms with Gasteiger partial charge in [-0.15, -0.1) is 0 Å². The molecule has 4 aromatic rings. The van der Waals surface area contributed by atoms with Crippen molar-refractivity contribution in [2.45, 2.75) is 0 Å². The Bertz CT molecular complexity index is 1290. The average molecular weight is 376 g/mol. The maximum Gasteiger partial charge on any atom is 0.279 e. The van der Waals surface area contributed by atoms with Gasteiger partial charge in [-0.3, -0.25) is 19.5 Å². The van der Waals surface area contributed by atoms with E-state index in [1.54, 1.807) is 24.3 Å². The van der Waals surface area contributed by atoms with Gasteiger partial charge in [0.1, 0.15) is 11.3 Å². The van der Waals surface area contributed by atoms with E-state index in [-0.39, 0.29) is 11.2 Å². The molecule has 0 aliphatic rings. The summed E-state index contributed by atoms with van der Waals surface area (Å²) < 4.78 is 6.15. The number of nitrogens with zero attached hydrogens (tertiary/aromatic N) is 1. The summed E-state index contributed by atoms with van der Waals surface area (Å²) in [5.74, 6) is -0.0777. The summed E-state index contributed by atoms with van der Waals surface area (Å²) in [4.78, 5) is 40.6. The molecule has 0 aliphatic carbocycles. The van der Waals surface area contributed by atoms with E-state index in [0.717, 1.165) is 10.1 Å². The minimum Gasteiger partial charge on any atom is -0.497 e. The molecule has 0 radical (unpaired) electrons. The maximum absolute atomic E-state index is 12.8. The molecule has 0 bridgehead atoms. The third-order valence-electron chi connectivity index (χ3n) is 4.28. The van der Waals surface area contributed by atoms with E-state index < -0.39 is 17.0 Å². The first-order valence-electron chi connectivity index (χ1n) is 8.45. The smallest absolute Gasteiger partial charge is 0.279 e. The number of aromatic amines is 2. The zero-order chi connectivity index (χ0) is 19.7. The van der Waals surface area contributed by atoms with Crippen LogP contribution in [0.3, 0.4) is 0 Å². The molecule has 2 heterocycles. The molecule has 0 aliphatic heterocycles. The lowest BCUT2D eigenvalue weighted by Gasteiger charge is -2.07. The minimum absolute atomic E-state index is 0.0942. The number of hydrogen-bond donors (Lipinski definition) is 3. The van der Waals surface area contributed by atoms with Crippen LogP contribution >= 0.6 is 0 Å². The molecule has 1 amide bonds. The molecule has 3 N–H and O–H groups in total. The van der Waals surface area contributed by atoms with Crippen molar-refractivity contribution < 1.29 is 9.53 Å². The van der Waals surface area contributed by atoms with E-state index in [4.69, 9.17) is 4.74 Å². The number of benzene rings is 2. The second-order valence-corrected chi connectivity index (χ2v) is 6.07. The van der Waals surface area contributed by atoms with Crippen molar-refractivity contribution in [3.63, 3.8) is 0 Å². The molecule has 0 spiro atoms. The zero-order valence-corrected chi connectivity index (χ0v) is 14.9. The van der Waals surface area contributed by atoms with Crippen molar-refractivity contribution in [1.82, 2.24) is 14.6 Å². The molecule has 0 saturated heterocycles. The number of carbonyl (C=O) groups is 1. The van der Waals surface area contributed by atoms with Crippen molar-refractivity contribution >= 4 is 17.2 Å². The van der Waals surface area contributed by atoms with Crippen LogP contribution in [0.15, 0.2) is 70.3 Å². The SMILES string of the molecule is COc1cccc(NC(=O)c2c(=O)[nH]n3c(=O)cc(-c4ccccc4)[nH]c23)c1. The maximum atomic E-state index is 12.8. The topological polar surface area (TPSA) is 108 Å². The molecule has 8 nitrogen and oxygen atoms in total. The number of nitrogens with one attached hydrogen (secondary N) is 3. The van der Waals surface area contributed by atoms with Crippen LogP contribution in [0.5, 0.6) is 5.75 Å². The number of carbonyl (C=O) groups excluding carboxylic acids is 1. The van der Waals surface area contributed by atoms with Gasteiger partial charge in [-0.25, -0.2) is 0 Å². The van der Waals surface area contributed by atoms with Crippen molar-refractivity contribution in [1.29, 1.82) is 0 Å². The highest BCUT2D eigenvalue weighted by Gasteiger charge is 2.20. The van der Waals surface area contributed by atoms with E-state index in [1.165, 1.54) is 13.2 Å². The predicted molar refractivity (Wildman–Crippen MR) is 105 cm³/mol. The van der Waals surface area contributed by atoms with Gasteiger partial charge in [-0.1, -0.05) is 36.4 Å². The Kier molecular flexibility index (Phi) is 4.29. The van der Waals surface area contributed by atoms with Gasteiger partial charge in [-0.05, 0) is 17.7 Å². The highest BCUT2D eigenvalue weighted by molar-refractivity contribution is 6.08.